The smallest absolute Gasteiger partial charge is 0.318 e. The second kappa shape index (κ2) is 6.04. The molecule has 0 unspecified atom stereocenters. The summed E-state index contributed by atoms with van der Waals surface area (Å²) in [5.74, 6) is -1.16. The Morgan fingerprint density at radius 3 is 2.33 bits per heavy atom. The van der Waals surface area contributed by atoms with E-state index >= 15 is 0 Å². The fourth-order valence-electron chi connectivity index (χ4n) is 1.06. The van der Waals surface area contributed by atoms with Gasteiger partial charge in [-0.25, -0.2) is 0 Å². The largest absolute Gasteiger partial charge is 0.480 e. The van der Waals surface area contributed by atoms with Crippen molar-refractivity contribution < 1.29 is 18.3 Å². The van der Waals surface area contributed by atoms with Crippen molar-refractivity contribution in [3.63, 3.8) is 0 Å². The van der Waals surface area contributed by atoms with Crippen molar-refractivity contribution in [2.45, 2.75) is 33.2 Å². The van der Waals surface area contributed by atoms with Gasteiger partial charge in [0.2, 0.25) is 0 Å². The van der Waals surface area contributed by atoms with Crippen LogP contribution in [0.4, 0.5) is 0 Å². The Morgan fingerprint density at radius 2 is 2.00 bits per heavy atom. The molecule has 0 heterocycles. The number of carbonyl (C=O) groups is 1. The third kappa shape index (κ3) is 5.71. The molecule has 0 saturated heterocycles. The van der Waals surface area contributed by atoms with Gasteiger partial charge in [-0.15, -0.1) is 0 Å². The molecule has 0 radical (unpaired) electrons. The van der Waals surface area contributed by atoms with Crippen LogP contribution in [0, 0.1) is 0 Å². The summed E-state index contributed by atoms with van der Waals surface area (Å²) < 4.78 is 26.5. The van der Waals surface area contributed by atoms with Gasteiger partial charge in [-0.2, -0.15) is 17.4 Å². The van der Waals surface area contributed by atoms with Gasteiger partial charge in [0.25, 0.3) is 10.2 Å². The highest BCUT2D eigenvalue weighted by atomic mass is 32.2. The van der Waals surface area contributed by atoms with Crippen molar-refractivity contribution in [1.29, 1.82) is 0 Å². The van der Waals surface area contributed by atoms with Crippen molar-refractivity contribution in [3.05, 3.63) is 0 Å². The summed E-state index contributed by atoms with van der Waals surface area (Å²) in [4.78, 5) is 10.5. The Morgan fingerprint density at radius 1 is 1.47 bits per heavy atom. The maximum atomic E-state index is 11.6. The van der Waals surface area contributed by atoms with E-state index in [1.165, 1.54) is 0 Å². The number of nitrogens with zero attached hydrogens (tertiary/aromatic N) is 1. The molecule has 0 aliphatic rings. The summed E-state index contributed by atoms with van der Waals surface area (Å²) >= 11 is 0. The predicted octanol–water partition coefficient (Wildman–Crippen LogP) is 0.0258. The highest BCUT2D eigenvalue weighted by molar-refractivity contribution is 7.87. The third-order valence-electron chi connectivity index (χ3n) is 1.51. The monoisotopic (exact) mass is 238 g/mol. The summed E-state index contributed by atoms with van der Waals surface area (Å²) in [6.07, 6.45) is 0.576. The Bertz CT molecular complexity index is 300. The van der Waals surface area contributed by atoms with Gasteiger partial charge < -0.3 is 5.11 Å². The van der Waals surface area contributed by atoms with Crippen LogP contribution in [-0.2, 0) is 15.0 Å². The van der Waals surface area contributed by atoms with Gasteiger partial charge in [-0.05, 0) is 20.3 Å². The maximum Gasteiger partial charge on any atom is 0.318 e. The molecule has 0 atom stereocenters. The van der Waals surface area contributed by atoms with Crippen LogP contribution in [0.2, 0.25) is 0 Å². The maximum absolute atomic E-state index is 11.6. The molecule has 0 saturated carbocycles. The zero-order chi connectivity index (χ0) is 12.1. The first-order valence-corrected chi connectivity index (χ1v) is 6.22. The van der Waals surface area contributed by atoms with Crippen LogP contribution in [0.15, 0.2) is 0 Å². The number of carboxylic acids is 1. The molecule has 7 heteroatoms. The molecule has 90 valence electrons. The first-order valence-electron chi connectivity index (χ1n) is 4.78. The standard InChI is InChI=1S/C8H18N2O4S/c1-4-5-10(6-8(11)12)15(13,14)9-7(2)3/h7,9H,4-6H2,1-3H3,(H,11,12). The van der Waals surface area contributed by atoms with Crippen LogP contribution in [0.5, 0.6) is 0 Å². The fraction of sp³-hybridized carbons (Fsp3) is 0.875. The number of rotatable bonds is 7. The fourth-order valence-corrected chi connectivity index (χ4v) is 2.50. The van der Waals surface area contributed by atoms with Crippen LogP contribution in [0.25, 0.3) is 0 Å². The number of hydrogen-bond acceptors (Lipinski definition) is 3. The van der Waals surface area contributed by atoms with Crippen molar-refractivity contribution >= 4 is 16.2 Å². The SMILES string of the molecule is CCCN(CC(=O)O)S(=O)(=O)NC(C)C. The van der Waals surface area contributed by atoms with Crippen LogP contribution in [0.1, 0.15) is 27.2 Å². The quantitative estimate of drug-likeness (QED) is 0.655. The molecule has 15 heavy (non-hydrogen) atoms. The summed E-state index contributed by atoms with van der Waals surface area (Å²) in [6.45, 7) is 4.86. The Labute approximate surface area is 90.5 Å². The van der Waals surface area contributed by atoms with Crippen molar-refractivity contribution in [2.24, 2.45) is 0 Å². The minimum atomic E-state index is -3.68. The second-order valence-corrected chi connectivity index (χ2v) is 5.21. The first-order chi connectivity index (χ1) is 6.79. The van der Waals surface area contributed by atoms with E-state index in [-0.39, 0.29) is 12.6 Å². The average Bonchev–Trinajstić information content (AvgIpc) is 2.00. The van der Waals surface area contributed by atoms with Gasteiger partial charge >= 0.3 is 5.97 Å². The molecule has 0 fully saturated rings. The highest BCUT2D eigenvalue weighted by Gasteiger charge is 2.23. The molecule has 0 spiro atoms. The summed E-state index contributed by atoms with van der Waals surface area (Å²) in [5, 5.41) is 8.57. The lowest BCUT2D eigenvalue weighted by Gasteiger charge is -2.21. The predicted molar refractivity (Wildman–Crippen MR) is 56.7 cm³/mol. The highest BCUT2D eigenvalue weighted by Crippen LogP contribution is 2.00. The summed E-state index contributed by atoms with van der Waals surface area (Å²) in [6, 6.07) is -0.247. The average molecular weight is 238 g/mol. The molecular weight excluding hydrogens is 220 g/mol. The van der Waals surface area contributed by atoms with E-state index in [0.29, 0.717) is 6.42 Å². The molecule has 6 nitrogen and oxygen atoms in total. The molecule has 0 aromatic carbocycles. The van der Waals surface area contributed by atoms with E-state index in [2.05, 4.69) is 4.72 Å². The minimum absolute atomic E-state index is 0.203. The summed E-state index contributed by atoms with van der Waals surface area (Å²) in [7, 11) is -3.68. The van der Waals surface area contributed by atoms with Gasteiger partial charge in [0, 0.05) is 12.6 Å². The molecule has 2 N–H and O–H groups in total. The van der Waals surface area contributed by atoms with Gasteiger partial charge in [-0.3, -0.25) is 4.79 Å². The molecule has 0 aliphatic carbocycles. The van der Waals surface area contributed by atoms with Crippen molar-refractivity contribution in [1.82, 2.24) is 9.03 Å². The lowest BCUT2D eigenvalue weighted by Crippen LogP contribution is -2.46. The van der Waals surface area contributed by atoms with Gasteiger partial charge in [-0.1, -0.05) is 6.92 Å². The van der Waals surface area contributed by atoms with E-state index in [9.17, 15) is 13.2 Å². The van der Waals surface area contributed by atoms with Crippen molar-refractivity contribution in [2.75, 3.05) is 13.1 Å². The lowest BCUT2D eigenvalue weighted by atomic mass is 10.4. The number of aliphatic carboxylic acids is 1. The molecule has 0 aromatic heterocycles. The van der Waals surface area contributed by atoms with Gasteiger partial charge in [0.15, 0.2) is 0 Å². The molecule has 0 amide bonds. The molecular formula is C8H18N2O4S. The molecule has 0 aromatic rings. The second-order valence-electron chi connectivity index (χ2n) is 3.50. The third-order valence-corrected chi connectivity index (χ3v) is 3.27. The lowest BCUT2D eigenvalue weighted by molar-refractivity contribution is -0.137. The van der Waals surface area contributed by atoms with E-state index in [1.807, 2.05) is 0 Å². The van der Waals surface area contributed by atoms with Crippen LogP contribution in [-0.4, -0.2) is 42.9 Å². The molecule has 0 aliphatic heterocycles. The number of carboxylic acid groups (broad SMARTS) is 1. The van der Waals surface area contributed by atoms with Gasteiger partial charge in [0.05, 0.1) is 0 Å². The van der Waals surface area contributed by atoms with Crippen LogP contribution in [0.3, 0.4) is 0 Å². The minimum Gasteiger partial charge on any atom is -0.480 e. The summed E-state index contributed by atoms with van der Waals surface area (Å²) in [5.41, 5.74) is 0. The van der Waals surface area contributed by atoms with E-state index < -0.39 is 22.7 Å². The van der Waals surface area contributed by atoms with E-state index in [4.69, 9.17) is 5.11 Å². The van der Waals surface area contributed by atoms with Crippen molar-refractivity contribution in [3.8, 4) is 0 Å². The van der Waals surface area contributed by atoms with Gasteiger partial charge in [0.1, 0.15) is 6.54 Å². The topological polar surface area (TPSA) is 86.7 Å². The zero-order valence-electron chi connectivity index (χ0n) is 9.23. The Hall–Kier alpha value is -0.660. The molecule has 0 bridgehead atoms. The zero-order valence-corrected chi connectivity index (χ0v) is 10.0. The van der Waals surface area contributed by atoms with E-state index in [0.717, 1.165) is 4.31 Å². The van der Waals surface area contributed by atoms with Crippen LogP contribution >= 0.6 is 0 Å². The Balaban J connectivity index is 4.66. The number of nitrogens with one attached hydrogen (secondary N) is 1. The first kappa shape index (κ1) is 14.3. The number of hydrogen-bond donors (Lipinski definition) is 2. The van der Waals surface area contributed by atoms with Crippen LogP contribution < -0.4 is 4.72 Å². The normalized spacial score (nSPS) is 12.3. The molecule has 0 rings (SSSR count). The Kier molecular flexibility index (Phi) is 5.77. The van der Waals surface area contributed by atoms with E-state index in [1.54, 1.807) is 20.8 Å².